The van der Waals surface area contributed by atoms with Crippen LogP contribution >= 0.6 is 0 Å². The number of aromatic nitrogens is 2. The smallest absolute Gasteiger partial charge is 0.131 e. The third-order valence-electron chi connectivity index (χ3n) is 5.63. The zero-order chi connectivity index (χ0) is 17.8. The molecular weight excluding hydrogens is 318 g/mol. The number of hydrogen-bond donors (Lipinski definition) is 3. The Morgan fingerprint density at radius 3 is 2.72 bits per heavy atom. The number of rotatable bonds is 6. The van der Waals surface area contributed by atoms with Crippen LogP contribution < -0.4 is 5.32 Å². The van der Waals surface area contributed by atoms with Crippen molar-refractivity contribution < 1.29 is 14.9 Å². The van der Waals surface area contributed by atoms with Crippen molar-refractivity contribution in [3.8, 4) is 0 Å². The standard InChI is InChI=1S/C19H31N3O3/c1-12(2)19-20-6-3-14(22-19)9-15-16(11-23)18(24)10-17(15)21-13-4-7-25-8-5-13/h3,6,12-13,15-18,21,23-24H,4-5,7-11H2,1-2H3/t15-,16-,17-,18-/m1/s1. The first-order valence-electron chi connectivity index (χ1n) is 9.53. The summed E-state index contributed by atoms with van der Waals surface area (Å²) >= 11 is 0. The molecule has 140 valence electrons. The van der Waals surface area contributed by atoms with Crippen molar-refractivity contribution in [3.63, 3.8) is 0 Å². The van der Waals surface area contributed by atoms with Crippen LogP contribution in [0.25, 0.3) is 0 Å². The molecule has 6 heteroatoms. The predicted octanol–water partition coefficient (Wildman–Crippen LogP) is 1.27. The fraction of sp³-hybridized carbons (Fsp3) is 0.789. The Kier molecular flexibility index (Phi) is 6.39. The number of hydrogen-bond acceptors (Lipinski definition) is 6. The molecule has 2 fully saturated rings. The second-order valence-electron chi connectivity index (χ2n) is 7.74. The van der Waals surface area contributed by atoms with Crippen molar-refractivity contribution in [2.45, 2.75) is 63.6 Å². The highest BCUT2D eigenvalue weighted by molar-refractivity contribution is 5.09. The van der Waals surface area contributed by atoms with Gasteiger partial charge in [-0.1, -0.05) is 13.8 Å². The molecule has 6 nitrogen and oxygen atoms in total. The molecule has 1 aliphatic carbocycles. The molecule has 2 aliphatic rings. The summed E-state index contributed by atoms with van der Waals surface area (Å²) in [7, 11) is 0. The lowest BCUT2D eigenvalue weighted by Gasteiger charge is -2.31. The Bertz CT molecular complexity index is 548. The minimum absolute atomic E-state index is 0.0138. The molecule has 2 heterocycles. The summed E-state index contributed by atoms with van der Waals surface area (Å²) in [6.45, 7) is 5.78. The molecule has 0 bridgehead atoms. The van der Waals surface area contributed by atoms with Crippen LogP contribution in [0.3, 0.4) is 0 Å². The number of ether oxygens (including phenoxy) is 1. The molecule has 3 rings (SSSR count). The summed E-state index contributed by atoms with van der Waals surface area (Å²) in [5.74, 6) is 1.22. The highest BCUT2D eigenvalue weighted by atomic mass is 16.5. The summed E-state index contributed by atoms with van der Waals surface area (Å²) < 4.78 is 5.44. The van der Waals surface area contributed by atoms with Gasteiger partial charge < -0.3 is 20.3 Å². The first-order valence-corrected chi connectivity index (χ1v) is 9.53. The van der Waals surface area contributed by atoms with E-state index in [0.29, 0.717) is 18.4 Å². The maximum atomic E-state index is 10.4. The van der Waals surface area contributed by atoms with E-state index in [2.05, 4.69) is 29.1 Å². The zero-order valence-electron chi connectivity index (χ0n) is 15.3. The van der Waals surface area contributed by atoms with Crippen LogP contribution in [0.1, 0.15) is 50.5 Å². The Labute approximate surface area is 150 Å². The molecule has 0 unspecified atom stereocenters. The van der Waals surface area contributed by atoms with Crippen molar-refractivity contribution in [1.82, 2.24) is 15.3 Å². The molecule has 4 atom stereocenters. The van der Waals surface area contributed by atoms with Crippen LogP contribution in [0.2, 0.25) is 0 Å². The molecule has 0 spiro atoms. The predicted molar refractivity (Wildman–Crippen MR) is 95.3 cm³/mol. The molecule has 25 heavy (non-hydrogen) atoms. The van der Waals surface area contributed by atoms with Crippen LogP contribution in [-0.2, 0) is 11.2 Å². The van der Waals surface area contributed by atoms with Gasteiger partial charge in [0.15, 0.2) is 0 Å². The second kappa shape index (κ2) is 8.54. The minimum Gasteiger partial charge on any atom is -0.396 e. The van der Waals surface area contributed by atoms with Gasteiger partial charge >= 0.3 is 0 Å². The fourth-order valence-corrected chi connectivity index (χ4v) is 4.15. The van der Waals surface area contributed by atoms with Crippen molar-refractivity contribution >= 4 is 0 Å². The van der Waals surface area contributed by atoms with E-state index in [9.17, 15) is 10.2 Å². The van der Waals surface area contributed by atoms with E-state index in [1.807, 2.05) is 12.3 Å². The van der Waals surface area contributed by atoms with Crippen LogP contribution in [0.4, 0.5) is 0 Å². The van der Waals surface area contributed by atoms with Crippen molar-refractivity contribution in [1.29, 1.82) is 0 Å². The number of nitrogens with one attached hydrogen (secondary N) is 1. The summed E-state index contributed by atoms with van der Waals surface area (Å²) in [4.78, 5) is 9.03. The lowest BCUT2D eigenvalue weighted by atomic mass is 9.88. The number of aliphatic hydroxyl groups excluding tert-OH is 2. The molecule has 0 radical (unpaired) electrons. The Balaban J connectivity index is 1.72. The van der Waals surface area contributed by atoms with Crippen LogP contribution in [0.15, 0.2) is 12.3 Å². The van der Waals surface area contributed by atoms with Gasteiger partial charge in [0.25, 0.3) is 0 Å². The van der Waals surface area contributed by atoms with Crippen LogP contribution in [0, 0.1) is 11.8 Å². The Hall–Kier alpha value is -1.08. The van der Waals surface area contributed by atoms with Gasteiger partial charge in [0.2, 0.25) is 0 Å². The quantitative estimate of drug-likeness (QED) is 0.717. The second-order valence-corrected chi connectivity index (χ2v) is 7.74. The molecular formula is C19H31N3O3. The molecule has 1 aromatic heterocycles. The molecule has 0 amide bonds. The normalized spacial score (nSPS) is 30.9. The highest BCUT2D eigenvalue weighted by Gasteiger charge is 2.42. The van der Waals surface area contributed by atoms with E-state index < -0.39 is 6.10 Å². The minimum atomic E-state index is -0.459. The maximum absolute atomic E-state index is 10.4. The summed E-state index contributed by atoms with van der Waals surface area (Å²) in [6, 6.07) is 2.59. The largest absolute Gasteiger partial charge is 0.396 e. The van der Waals surface area contributed by atoms with E-state index in [1.165, 1.54) is 0 Å². The number of aliphatic hydroxyl groups is 2. The monoisotopic (exact) mass is 349 g/mol. The third-order valence-corrected chi connectivity index (χ3v) is 5.63. The Morgan fingerprint density at radius 1 is 1.28 bits per heavy atom. The lowest BCUT2D eigenvalue weighted by Crippen LogP contribution is -2.44. The summed E-state index contributed by atoms with van der Waals surface area (Å²) in [5.41, 5.74) is 0.995. The average molecular weight is 349 g/mol. The zero-order valence-corrected chi connectivity index (χ0v) is 15.3. The molecule has 3 N–H and O–H groups in total. The van der Waals surface area contributed by atoms with Crippen molar-refractivity contribution in [2.75, 3.05) is 19.8 Å². The first kappa shape index (κ1) is 18.7. The van der Waals surface area contributed by atoms with Gasteiger partial charge in [-0.05, 0) is 37.7 Å². The maximum Gasteiger partial charge on any atom is 0.131 e. The first-order chi connectivity index (χ1) is 12.1. The number of nitrogens with zero attached hydrogens (tertiary/aromatic N) is 2. The van der Waals surface area contributed by atoms with Gasteiger partial charge in [-0.25, -0.2) is 9.97 Å². The van der Waals surface area contributed by atoms with Gasteiger partial charge in [-0.2, -0.15) is 0 Å². The SMILES string of the molecule is CC(C)c1nccc(C[C@@H]2[C@@H](CO)[C@H](O)C[C@H]2NC2CCOCC2)n1. The topological polar surface area (TPSA) is 87.5 Å². The third kappa shape index (κ3) is 4.56. The highest BCUT2D eigenvalue weighted by Crippen LogP contribution is 2.35. The van der Waals surface area contributed by atoms with Crippen molar-refractivity contribution in [3.05, 3.63) is 23.8 Å². The Morgan fingerprint density at radius 2 is 2.04 bits per heavy atom. The molecule has 1 aliphatic heterocycles. The molecule has 1 saturated heterocycles. The summed E-state index contributed by atoms with van der Waals surface area (Å²) in [5, 5.41) is 24.0. The fourth-order valence-electron chi connectivity index (χ4n) is 4.15. The summed E-state index contributed by atoms with van der Waals surface area (Å²) in [6.07, 6.45) is 4.82. The van der Waals surface area contributed by atoms with Crippen LogP contribution in [0.5, 0.6) is 0 Å². The molecule has 1 aromatic rings. The van der Waals surface area contributed by atoms with E-state index >= 15 is 0 Å². The molecule has 0 aromatic carbocycles. The van der Waals surface area contributed by atoms with Gasteiger partial charge in [0.1, 0.15) is 5.82 Å². The van der Waals surface area contributed by atoms with Gasteiger partial charge in [-0.15, -0.1) is 0 Å². The van der Waals surface area contributed by atoms with E-state index in [4.69, 9.17) is 4.74 Å². The van der Waals surface area contributed by atoms with Crippen LogP contribution in [-0.4, -0.2) is 58.2 Å². The van der Waals surface area contributed by atoms with Gasteiger partial charge in [0, 0.05) is 55.6 Å². The van der Waals surface area contributed by atoms with Crippen molar-refractivity contribution in [2.24, 2.45) is 11.8 Å². The van der Waals surface area contributed by atoms with E-state index in [0.717, 1.165) is 44.0 Å². The van der Waals surface area contributed by atoms with E-state index in [-0.39, 0.29) is 24.5 Å². The van der Waals surface area contributed by atoms with Gasteiger partial charge in [0.05, 0.1) is 6.10 Å². The average Bonchev–Trinajstić information content (AvgIpc) is 2.90. The lowest BCUT2D eigenvalue weighted by molar-refractivity contribution is 0.0678. The van der Waals surface area contributed by atoms with Gasteiger partial charge in [-0.3, -0.25) is 0 Å². The molecule has 1 saturated carbocycles. The van der Waals surface area contributed by atoms with E-state index in [1.54, 1.807) is 0 Å².